The molecule has 0 aliphatic heterocycles. The smallest absolute Gasteiger partial charge is 0.338 e. The molecule has 0 fully saturated rings. The Labute approximate surface area is 280 Å². The van der Waals surface area contributed by atoms with E-state index in [2.05, 4.69) is 46.0 Å². The zero-order chi connectivity index (χ0) is 33.9. The third-order valence-corrected chi connectivity index (χ3v) is 13.3. The molecule has 0 N–H and O–H groups in total. The average molecular weight is 657 g/mol. The summed E-state index contributed by atoms with van der Waals surface area (Å²) < 4.78 is 36.6. The summed E-state index contributed by atoms with van der Waals surface area (Å²) in [6.45, 7) is 11.9. The fraction of sp³-hybridized carbons (Fsp3) is 0.359. The van der Waals surface area contributed by atoms with Gasteiger partial charge in [0, 0.05) is 0 Å². The van der Waals surface area contributed by atoms with Crippen LogP contribution in [0.25, 0.3) is 0 Å². The molecule has 8 heteroatoms. The lowest BCUT2D eigenvalue weighted by Gasteiger charge is -2.39. The minimum absolute atomic E-state index is 0.0175. The molecular formula is C39H48O7Si. The van der Waals surface area contributed by atoms with Gasteiger partial charge in [-0.3, -0.25) is 0 Å². The summed E-state index contributed by atoms with van der Waals surface area (Å²) in [7, 11) is 1.19. The van der Waals surface area contributed by atoms with Crippen molar-refractivity contribution < 1.29 is 32.9 Å². The highest BCUT2D eigenvalue weighted by atomic mass is 28.4. The van der Waals surface area contributed by atoms with Crippen LogP contribution in [0.4, 0.5) is 0 Å². The molecule has 0 unspecified atom stereocenters. The van der Waals surface area contributed by atoms with Gasteiger partial charge in [-0.25, -0.2) is 4.79 Å². The first-order valence-corrected chi connectivity index (χ1v) is 18.9. The van der Waals surface area contributed by atoms with Crippen molar-refractivity contribution in [2.45, 2.75) is 50.6 Å². The average Bonchev–Trinajstić information content (AvgIpc) is 3.09. The van der Waals surface area contributed by atoms with Crippen molar-refractivity contribution in [2.75, 3.05) is 40.6 Å². The van der Waals surface area contributed by atoms with Crippen LogP contribution >= 0.6 is 0 Å². The van der Waals surface area contributed by atoms with Gasteiger partial charge in [-0.1, -0.05) is 93.6 Å². The number of hydrogen-bond donors (Lipinski definition) is 0. The van der Waals surface area contributed by atoms with E-state index >= 15 is 0 Å². The minimum atomic E-state index is -2.11. The first kappa shape index (κ1) is 35.9. The number of ether oxygens (including phenoxy) is 5. The third kappa shape index (κ3) is 9.11. The molecule has 0 aromatic heterocycles. The van der Waals surface area contributed by atoms with E-state index in [1.807, 2.05) is 84.9 Å². The molecule has 47 heavy (non-hydrogen) atoms. The maximum atomic E-state index is 12.5. The van der Waals surface area contributed by atoms with E-state index < -0.39 is 20.0 Å². The molecule has 0 saturated carbocycles. The highest BCUT2D eigenvalue weighted by Crippen LogP contribution is 2.42. The first-order chi connectivity index (χ1) is 22.5. The summed E-state index contributed by atoms with van der Waals surface area (Å²) in [5.74, 6) is 1.11. The Kier molecular flexibility index (Phi) is 12.4. The van der Waals surface area contributed by atoms with Crippen LogP contribution < -0.4 is 9.47 Å². The molecule has 0 heterocycles. The van der Waals surface area contributed by atoms with Gasteiger partial charge in [0.2, 0.25) is 0 Å². The van der Waals surface area contributed by atoms with Gasteiger partial charge in [-0.05, 0) is 71.2 Å². The van der Waals surface area contributed by atoms with E-state index in [9.17, 15) is 4.79 Å². The fourth-order valence-corrected chi connectivity index (χ4v) is 6.00. The number of benzene rings is 4. The summed E-state index contributed by atoms with van der Waals surface area (Å²) in [5.41, 5.74) is 2.31. The van der Waals surface area contributed by atoms with Crippen LogP contribution in [0.3, 0.4) is 0 Å². The van der Waals surface area contributed by atoms with Crippen LogP contribution in [0.5, 0.6) is 11.5 Å². The number of carbonyl (C=O) groups is 1. The van der Waals surface area contributed by atoms with Gasteiger partial charge in [0.25, 0.3) is 0 Å². The molecule has 0 radical (unpaired) electrons. The van der Waals surface area contributed by atoms with Gasteiger partial charge in [0.15, 0.2) is 8.32 Å². The highest BCUT2D eigenvalue weighted by Gasteiger charge is 2.40. The summed E-state index contributed by atoms with van der Waals surface area (Å²) in [6.07, 6.45) is -0.445. The molecule has 250 valence electrons. The molecule has 4 aromatic carbocycles. The Bertz CT molecular complexity index is 1470. The largest absolute Gasteiger partial charge is 0.497 e. The number of carbonyl (C=O) groups excluding carboxylic acids is 1. The Morgan fingerprint density at radius 1 is 0.660 bits per heavy atom. The third-order valence-electron chi connectivity index (χ3n) is 8.77. The van der Waals surface area contributed by atoms with E-state index in [-0.39, 0.29) is 30.8 Å². The van der Waals surface area contributed by atoms with E-state index in [4.69, 9.17) is 28.1 Å². The molecule has 1 atom stereocenters. The summed E-state index contributed by atoms with van der Waals surface area (Å²) in [4.78, 5) is 12.5. The lowest BCUT2D eigenvalue weighted by Crippen LogP contribution is -2.44. The molecule has 0 aliphatic carbocycles. The van der Waals surface area contributed by atoms with Crippen LogP contribution in [0.2, 0.25) is 18.1 Å². The maximum Gasteiger partial charge on any atom is 0.338 e. The van der Waals surface area contributed by atoms with Crippen molar-refractivity contribution in [1.29, 1.82) is 0 Å². The number of esters is 1. The number of methoxy groups -OCH3 is 2. The SMILES string of the molecule is COc1ccc(C(OC[C@@H](CO[Si](C)(C)C(C)(C)C)OCCOC(=O)c2ccccc2)(c2ccccc2)c2ccc(OC)cc2)cc1. The molecule has 0 spiro atoms. The normalized spacial score (nSPS) is 12.7. The molecule has 0 aliphatic rings. The number of rotatable bonds is 16. The lowest BCUT2D eigenvalue weighted by atomic mass is 9.80. The van der Waals surface area contributed by atoms with Gasteiger partial charge in [0.05, 0.1) is 39.6 Å². The Balaban J connectivity index is 1.66. The molecule has 4 aromatic rings. The zero-order valence-corrected chi connectivity index (χ0v) is 29.7. The van der Waals surface area contributed by atoms with Gasteiger partial charge < -0.3 is 28.1 Å². The van der Waals surface area contributed by atoms with Crippen LogP contribution in [0.1, 0.15) is 47.8 Å². The second-order valence-electron chi connectivity index (χ2n) is 12.9. The van der Waals surface area contributed by atoms with Gasteiger partial charge in [0.1, 0.15) is 29.8 Å². The Hall–Kier alpha value is -3.95. The van der Waals surface area contributed by atoms with Gasteiger partial charge >= 0.3 is 5.97 Å². The second-order valence-corrected chi connectivity index (χ2v) is 17.7. The Morgan fingerprint density at radius 3 is 1.64 bits per heavy atom. The van der Waals surface area contributed by atoms with Gasteiger partial charge in [-0.15, -0.1) is 0 Å². The fourth-order valence-electron chi connectivity index (χ4n) is 4.96. The molecule has 4 rings (SSSR count). The van der Waals surface area contributed by atoms with E-state index in [1.54, 1.807) is 26.4 Å². The molecule has 0 bridgehead atoms. The summed E-state index contributed by atoms with van der Waals surface area (Å²) >= 11 is 0. The topological polar surface area (TPSA) is 72.5 Å². The standard InChI is InChI=1S/C39H48O7Si/c1-38(2,3)47(6,7)46-29-36(43-26-27-44-37(40)30-14-10-8-11-15-30)28-45-39(31-16-12-9-13-17-31,32-18-22-34(41-4)23-19-32)33-20-24-35(42-5)25-21-33/h8-25,36H,26-29H2,1-7H3/t36-/m0/s1. The van der Waals surface area contributed by atoms with E-state index in [0.717, 1.165) is 28.2 Å². The zero-order valence-electron chi connectivity index (χ0n) is 28.7. The monoisotopic (exact) mass is 656 g/mol. The maximum absolute atomic E-state index is 12.5. The second kappa shape index (κ2) is 16.2. The van der Waals surface area contributed by atoms with Crippen molar-refractivity contribution in [1.82, 2.24) is 0 Å². The van der Waals surface area contributed by atoms with Crippen LogP contribution in [0.15, 0.2) is 109 Å². The summed E-state index contributed by atoms with van der Waals surface area (Å²) in [5, 5.41) is 0.0175. The van der Waals surface area contributed by atoms with Crippen molar-refractivity contribution in [3.8, 4) is 11.5 Å². The molecule has 0 saturated heterocycles. The first-order valence-electron chi connectivity index (χ1n) is 16.0. The van der Waals surface area contributed by atoms with Gasteiger partial charge in [-0.2, -0.15) is 0 Å². The molecule has 0 amide bonds. The highest BCUT2D eigenvalue weighted by molar-refractivity contribution is 6.74. The van der Waals surface area contributed by atoms with Crippen LogP contribution in [0, 0.1) is 0 Å². The quantitative estimate of drug-likeness (QED) is 0.0520. The predicted octanol–water partition coefficient (Wildman–Crippen LogP) is 8.28. The predicted molar refractivity (Wildman–Crippen MR) is 188 cm³/mol. The van der Waals surface area contributed by atoms with Crippen molar-refractivity contribution in [2.24, 2.45) is 0 Å². The van der Waals surface area contributed by atoms with Crippen molar-refractivity contribution in [3.05, 3.63) is 131 Å². The van der Waals surface area contributed by atoms with Crippen molar-refractivity contribution in [3.63, 3.8) is 0 Å². The van der Waals surface area contributed by atoms with Crippen molar-refractivity contribution >= 4 is 14.3 Å². The summed E-state index contributed by atoms with van der Waals surface area (Å²) in [6, 6.07) is 35.0. The number of hydrogen-bond acceptors (Lipinski definition) is 7. The molecule has 7 nitrogen and oxygen atoms in total. The van der Waals surface area contributed by atoms with E-state index in [0.29, 0.717) is 12.2 Å². The van der Waals surface area contributed by atoms with Crippen LogP contribution in [-0.4, -0.2) is 61.0 Å². The van der Waals surface area contributed by atoms with E-state index in [1.165, 1.54) is 0 Å². The molecular weight excluding hydrogens is 609 g/mol. The minimum Gasteiger partial charge on any atom is -0.497 e. The van der Waals surface area contributed by atoms with Crippen LogP contribution in [-0.2, 0) is 24.2 Å². The Morgan fingerprint density at radius 2 is 1.15 bits per heavy atom. The lowest BCUT2D eigenvalue weighted by molar-refractivity contribution is -0.0850.